The molecule has 1 aliphatic rings. The molecule has 0 aromatic heterocycles. The maximum absolute atomic E-state index is 7.50. The van der Waals surface area contributed by atoms with Crippen molar-refractivity contribution >= 4 is 21.8 Å². The summed E-state index contributed by atoms with van der Waals surface area (Å²) in [7, 11) is 1.69. The maximum atomic E-state index is 7.50. The van der Waals surface area contributed by atoms with Gasteiger partial charge in [-0.1, -0.05) is 15.9 Å². The highest BCUT2D eigenvalue weighted by molar-refractivity contribution is 9.10. The Morgan fingerprint density at radius 3 is 2.74 bits per heavy atom. The van der Waals surface area contributed by atoms with Gasteiger partial charge in [0.15, 0.2) is 0 Å². The van der Waals surface area contributed by atoms with Crippen LogP contribution in [0.2, 0.25) is 0 Å². The van der Waals surface area contributed by atoms with Gasteiger partial charge in [0.2, 0.25) is 0 Å². The Balaban J connectivity index is 1.97. The van der Waals surface area contributed by atoms with Gasteiger partial charge in [-0.2, -0.15) is 0 Å². The highest BCUT2D eigenvalue weighted by Crippen LogP contribution is 2.25. The number of hydrogen-bond donors (Lipinski definition) is 2. The topological polar surface area (TPSA) is 62.3 Å². The van der Waals surface area contributed by atoms with Crippen LogP contribution in [0.1, 0.15) is 18.4 Å². The van der Waals surface area contributed by atoms with Crippen LogP contribution in [0.3, 0.4) is 0 Å². The van der Waals surface area contributed by atoms with E-state index in [-0.39, 0.29) is 5.92 Å². The average Bonchev–Trinajstić information content (AvgIpc) is 2.42. The largest absolute Gasteiger partial charge is 0.497 e. The molecule has 1 fully saturated rings. The molecule has 1 saturated heterocycles. The van der Waals surface area contributed by atoms with Crippen LogP contribution in [0.15, 0.2) is 22.7 Å². The van der Waals surface area contributed by atoms with E-state index in [0.29, 0.717) is 5.84 Å². The van der Waals surface area contributed by atoms with Gasteiger partial charge >= 0.3 is 0 Å². The summed E-state index contributed by atoms with van der Waals surface area (Å²) in [5.41, 5.74) is 6.80. The zero-order valence-electron chi connectivity index (χ0n) is 11.2. The molecule has 2 rings (SSSR count). The van der Waals surface area contributed by atoms with Crippen LogP contribution in [0.4, 0.5) is 0 Å². The van der Waals surface area contributed by atoms with E-state index < -0.39 is 0 Å². The van der Waals surface area contributed by atoms with Gasteiger partial charge in [-0.25, -0.2) is 0 Å². The van der Waals surface area contributed by atoms with Crippen molar-refractivity contribution in [2.45, 2.75) is 19.4 Å². The lowest BCUT2D eigenvalue weighted by Crippen LogP contribution is -2.37. The van der Waals surface area contributed by atoms with Gasteiger partial charge in [-0.05, 0) is 49.7 Å². The van der Waals surface area contributed by atoms with Gasteiger partial charge < -0.3 is 10.5 Å². The molecular weight excluding hydrogens is 306 g/mol. The summed E-state index contributed by atoms with van der Waals surface area (Å²) in [6, 6.07) is 6.05. The molecule has 0 saturated carbocycles. The number of amidine groups is 1. The first-order valence-corrected chi connectivity index (χ1v) is 7.28. The summed E-state index contributed by atoms with van der Waals surface area (Å²) in [5, 5.41) is 7.50. The van der Waals surface area contributed by atoms with Gasteiger partial charge in [0.05, 0.1) is 12.9 Å². The highest BCUT2D eigenvalue weighted by atomic mass is 79.9. The molecule has 3 N–H and O–H groups in total. The summed E-state index contributed by atoms with van der Waals surface area (Å²) >= 11 is 3.59. The number of ether oxygens (including phenoxy) is 1. The minimum absolute atomic E-state index is 0.269. The molecule has 1 heterocycles. The summed E-state index contributed by atoms with van der Waals surface area (Å²) < 4.78 is 6.38. The van der Waals surface area contributed by atoms with E-state index in [4.69, 9.17) is 15.9 Å². The highest BCUT2D eigenvalue weighted by Gasteiger charge is 2.21. The zero-order chi connectivity index (χ0) is 13.8. The van der Waals surface area contributed by atoms with Gasteiger partial charge in [0.1, 0.15) is 5.75 Å². The van der Waals surface area contributed by atoms with Crippen LogP contribution >= 0.6 is 15.9 Å². The lowest BCUT2D eigenvalue weighted by molar-refractivity contribution is 0.200. The van der Waals surface area contributed by atoms with Crippen molar-refractivity contribution in [1.82, 2.24) is 4.90 Å². The van der Waals surface area contributed by atoms with Crippen molar-refractivity contribution in [3.05, 3.63) is 28.2 Å². The second-order valence-corrected chi connectivity index (χ2v) is 5.82. The Morgan fingerprint density at radius 2 is 2.16 bits per heavy atom. The number of benzene rings is 1. The fourth-order valence-electron chi connectivity index (χ4n) is 2.44. The fraction of sp³-hybridized carbons (Fsp3) is 0.500. The molecule has 1 aromatic rings. The van der Waals surface area contributed by atoms with Crippen LogP contribution in [0, 0.1) is 11.3 Å². The van der Waals surface area contributed by atoms with Crippen molar-refractivity contribution in [2.75, 3.05) is 20.2 Å². The van der Waals surface area contributed by atoms with E-state index in [1.165, 1.54) is 5.56 Å². The number of hydrogen-bond acceptors (Lipinski definition) is 3. The number of likely N-dealkylation sites (tertiary alicyclic amines) is 1. The first kappa shape index (κ1) is 14.3. The second kappa shape index (κ2) is 6.39. The maximum Gasteiger partial charge on any atom is 0.119 e. The van der Waals surface area contributed by atoms with Gasteiger partial charge in [0, 0.05) is 16.9 Å². The third-order valence-electron chi connectivity index (χ3n) is 3.67. The molecule has 19 heavy (non-hydrogen) atoms. The van der Waals surface area contributed by atoms with E-state index >= 15 is 0 Å². The second-order valence-electron chi connectivity index (χ2n) is 4.96. The number of rotatable bonds is 4. The summed E-state index contributed by atoms with van der Waals surface area (Å²) in [6.45, 7) is 2.89. The molecule has 1 aliphatic heterocycles. The average molecular weight is 326 g/mol. The molecular formula is C14H20BrN3O. The summed E-state index contributed by atoms with van der Waals surface area (Å²) in [5.74, 6) is 1.49. The van der Waals surface area contributed by atoms with Crippen molar-refractivity contribution in [3.63, 3.8) is 0 Å². The molecule has 0 radical (unpaired) electrons. The normalized spacial score (nSPS) is 17.4. The van der Waals surface area contributed by atoms with Crippen molar-refractivity contribution in [1.29, 1.82) is 5.41 Å². The van der Waals surface area contributed by atoms with Crippen LogP contribution in [0.25, 0.3) is 0 Å². The molecule has 0 amide bonds. The van der Waals surface area contributed by atoms with Gasteiger partial charge in [-0.15, -0.1) is 0 Å². The fourth-order valence-corrected chi connectivity index (χ4v) is 2.81. The van der Waals surface area contributed by atoms with Crippen molar-refractivity contribution in [2.24, 2.45) is 11.7 Å². The third kappa shape index (κ3) is 3.70. The Labute approximate surface area is 122 Å². The summed E-state index contributed by atoms with van der Waals surface area (Å²) in [4.78, 5) is 2.40. The molecule has 0 spiro atoms. The Morgan fingerprint density at radius 1 is 1.47 bits per heavy atom. The molecule has 0 aliphatic carbocycles. The van der Waals surface area contributed by atoms with Crippen LogP contribution in [-0.2, 0) is 6.54 Å². The standard InChI is InChI=1S/C14H20BrN3O/c1-19-12-2-3-13(15)11(8-12)9-18-6-4-10(5-7-18)14(16)17/h2-3,8,10H,4-7,9H2,1H3,(H3,16,17). The monoisotopic (exact) mass is 325 g/mol. The molecule has 4 nitrogen and oxygen atoms in total. The molecule has 0 bridgehead atoms. The predicted octanol–water partition coefficient (Wildman–Crippen LogP) is 2.61. The number of piperidine rings is 1. The molecule has 0 unspecified atom stereocenters. The SMILES string of the molecule is COc1ccc(Br)c(CN2CCC(C(=N)N)CC2)c1. The first-order chi connectivity index (χ1) is 9.10. The van der Waals surface area contributed by atoms with E-state index in [2.05, 4.69) is 26.9 Å². The quantitative estimate of drug-likeness (QED) is 0.660. The van der Waals surface area contributed by atoms with Crippen LogP contribution < -0.4 is 10.5 Å². The van der Waals surface area contributed by atoms with Crippen molar-refractivity contribution < 1.29 is 4.74 Å². The summed E-state index contributed by atoms with van der Waals surface area (Å²) in [6.07, 6.45) is 1.97. The molecule has 1 aromatic carbocycles. The van der Waals surface area contributed by atoms with E-state index in [1.807, 2.05) is 12.1 Å². The van der Waals surface area contributed by atoms with E-state index in [0.717, 1.165) is 42.7 Å². The van der Waals surface area contributed by atoms with E-state index in [9.17, 15) is 0 Å². The minimum atomic E-state index is 0.269. The molecule has 104 valence electrons. The molecule has 0 atom stereocenters. The number of methoxy groups -OCH3 is 1. The lowest BCUT2D eigenvalue weighted by Gasteiger charge is -2.31. The Kier molecular flexibility index (Phi) is 4.82. The van der Waals surface area contributed by atoms with Crippen LogP contribution in [0.5, 0.6) is 5.75 Å². The number of nitrogens with one attached hydrogen (secondary N) is 1. The predicted molar refractivity (Wildman–Crippen MR) is 80.6 cm³/mol. The van der Waals surface area contributed by atoms with Crippen LogP contribution in [-0.4, -0.2) is 30.9 Å². The Hall–Kier alpha value is -1.07. The Bertz CT molecular complexity index is 456. The smallest absolute Gasteiger partial charge is 0.119 e. The molecule has 5 heteroatoms. The van der Waals surface area contributed by atoms with Gasteiger partial charge in [0.25, 0.3) is 0 Å². The van der Waals surface area contributed by atoms with Gasteiger partial charge in [-0.3, -0.25) is 10.3 Å². The third-order valence-corrected chi connectivity index (χ3v) is 4.45. The number of nitrogens with zero attached hydrogens (tertiary/aromatic N) is 1. The van der Waals surface area contributed by atoms with Crippen molar-refractivity contribution in [3.8, 4) is 5.75 Å². The zero-order valence-corrected chi connectivity index (χ0v) is 12.7. The number of halogens is 1. The lowest BCUT2D eigenvalue weighted by atomic mass is 9.95. The first-order valence-electron chi connectivity index (χ1n) is 6.49. The minimum Gasteiger partial charge on any atom is -0.497 e. The van der Waals surface area contributed by atoms with E-state index in [1.54, 1.807) is 7.11 Å². The number of nitrogens with two attached hydrogens (primary N) is 1.